The molecule has 0 spiro atoms. The molecule has 19 heavy (non-hydrogen) atoms. The monoisotopic (exact) mass is 256 g/mol. The lowest BCUT2D eigenvalue weighted by Gasteiger charge is -2.09. The van der Waals surface area contributed by atoms with Crippen molar-refractivity contribution in [1.29, 1.82) is 0 Å². The summed E-state index contributed by atoms with van der Waals surface area (Å²) in [6.45, 7) is 5.84. The molecule has 0 unspecified atom stereocenters. The van der Waals surface area contributed by atoms with Crippen molar-refractivity contribution < 1.29 is 4.79 Å². The van der Waals surface area contributed by atoms with Crippen LogP contribution in [-0.2, 0) is 19.9 Å². The summed E-state index contributed by atoms with van der Waals surface area (Å²) in [7, 11) is 1.97. The number of hydrogen-bond donors (Lipinski definition) is 0. The number of nitrogens with zero attached hydrogens (tertiary/aromatic N) is 2. The fourth-order valence-corrected chi connectivity index (χ4v) is 2.59. The maximum Gasteiger partial charge on any atom is 0.160 e. The zero-order valence-electron chi connectivity index (χ0n) is 12.0. The summed E-state index contributed by atoms with van der Waals surface area (Å²) in [5.41, 5.74) is 5.17. The Morgan fingerprint density at radius 2 is 1.89 bits per heavy atom. The van der Waals surface area contributed by atoms with E-state index in [0.29, 0.717) is 0 Å². The van der Waals surface area contributed by atoms with Crippen LogP contribution >= 0.6 is 0 Å². The van der Waals surface area contributed by atoms with Crippen LogP contribution in [0.1, 0.15) is 42.5 Å². The summed E-state index contributed by atoms with van der Waals surface area (Å²) in [5, 5.41) is 4.58. The molecule has 0 aliphatic carbocycles. The van der Waals surface area contributed by atoms with E-state index in [0.717, 1.165) is 35.2 Å². The van der Waals surface area contributed by atoms with E-state index in [-0.39, 0.29) is 5.78 Å². The fraction of sp³-hybridized carbons (Fsp3) is 0.375. The van der Waals surface area contributed by atoms with Crippen molar-refractivity contribution in [1.82, 2.24) is 9.78 Å². The molecule has 0 fully saturated rings. The van der Waals surface area contributed by atoms with Crippen LogP contribution in [0.2, 0.25) is 0 Å². The van der Waals surface area contributed by atoms with E-state index in [1.54, 1.807) is 6.92 Å². The summed E-state index contributed by atoms with van der Waals surface area (Å²) >= 11 is 0. The van der Waals surface area contributed by atoms with Crippen molar-refractivity contribution in [2.24, 2.45) is 7.05 Å². The number of rotatable bonds is 4. The second-order valence-corrected chi connectivity index (χ2v) is 4.70. The SMILES string of the molecule is CCc1nn(C)c(CC)c1-c1ccccc1C(C)=O. The van der Waals surface area contributed by atoms with Gasteiger partial charge >= 0.3 is 0 Å². The number of carbonyl (C=O) groups is 1. The fourth-order valence-electron chi connectivity index (χ4n) is 2.59. The van der Waals surface area contributed by atoms with Gasteiger partial charge < -0.3 is 0 Å². The lowest BCUT2D eigenvalue weighted by Crippen LogP contribution is -2.00. The molecule has 0 amide bonds. The number of carbonyl (C=O) groups excluding carboxylic acids is 1. The van der Waals surface area contributed by atoms with Crippen molar-refractivity contribution in [2.45, 2.75) is 33.6 Å². The van der Waals surface area contributed by atoms with Crippen LogP contribution in [0, 0.1) is 0 Å². The highest BCUT2D eigenvalue weighted by atomic mass is 16.1. The van der Waals surface area contributed by atoms with Gasteiger partial charge in [0.15, 0.2) is 5.78 Å². The lowest BCUT2D eigenvalue weighted by molar-refractivity contribution is 0.101. The minimum Gasteiger partial charge on any atom is -0.294 e. The van der Waals surface area contributed by atoms with Crippen LogP contribution in [0.15, 0.2) is 24.3 Å². The highest BCUT2D eigenvalue weighted by Gasteiger charge is 2.19. The normalized spacial score (nSPS) is 10.7. The third kappa shape index (κ3) is 2.33. The first kappa shape index (κ1) is 13.5. The standard InChI is InChI=1S/C16H20N2O/c1-5-14-16(15(6-2)18(4)17-14)13-10-8-7-9-12(13)11(3)19/h7-10H,5-6H2,1-4H3. The summed E-state index contributed by atoms with van der Waals surface area (Å²) in [4.78, 5) is 11.8. The van der Waals surface area contributed by atoms with E-state index in [1.165, 1.54) is 5.69 Å². The maximum atomic E-state index is 11.8. The number of aryl methyl sites for hydroxylation is 2. The Balaban J connectivity index is 2.74. The highest BCUT2D eigenvalue weighted by molar-refractivity contribution is 6.01. The van der Waals surface area contributed by atoms with Gasteiger partial charge in [0, 0.05) is 23.9 Å². The van der Waals surface area contributed by atoms with Crippen LogP contribution in [-0.4, -0.2) is 15.6 Å². The molecule has 0 radical (unpaired) electrons. The minimum atomic E-state index is 0.101. The summed E-state index contributed by atoms with van der Waals surface area (Å²) in [6, 6.07) is 7.80. The Bertz CT molecular complexity index is 611. The molecule has 0 bridgehead atoms. The zero-order valence-corrected chi connectivity index (χ0v) is 12.0. The number of benzene rings is 1. The first-order chi connectivity index (χ1) is 9.10. The van der Waals surface area contributed by atoms with Crippen molar-refractivity contribution in [3.8, 4) is 11.1 Å². The molecule has 1 heterocycles. The minimum absolute atomic E-state index is 0.101. The Morgan fingerprint density at radius 3 is 2.47 bits per heavy atom. The molecular weight excluding hydrogens is 236 g/mol. The summed E-state index contributed by atoms with van der Waals surface area (Å²) in [6.07, 6.45) is 1.78. The van der Waals surface area contributed by atoms with Gasteiger partial charge in [-0.2, -0.15) is 5.10 Å². The van der Waals surface area contributed by atoms with E-state index in [9.17, 15) is 4.79 Å². The third-order valence-corrected chi connectivity index (χ3v) is 3.48. The quantitative estimate of drug-likeness (QED) is 0.786. The molecule has 0 saturated carbocycles. The average Bonchev–Trinajstić information content (AvgIpc) is 2.74. The van der Waals surface area contributed by atoms with Crippen LogP contribution in [0.25, 0.3) is 11.1 Å². The van der Waals surface area contributed by atoms with Crippen LogP contribution in [0.4, 0.5) is 0 Å². The Kier molecular flexibility index (Phi) is 3.84. The van der Waals surface area contributed by atoms with Crippen molar-refractivity contribution in [3.05, 3.63) is 41.2 Å². The Hall–Kier alpha value is -1.90. The number of ketones is 1. The second-order valence-electron chi connectivity index (χ2n) is 4.70. The molecular formula is C16H20N2O. The molecule has 2 rings (SSSR count). The average molecular weight is 256 g/mol. The topological polar surface area (TPSA) is 34.9 Å². The smallest absolute Gasteiger partial charge is 0.160 e. The number of Topliss-reactive ketones (excluding diaryl/α,β-unsaturated/α-hetero) is 1. The van der Waals surface area contributed by atoms with E-state index in [2.05, 4.69) is 18.9 Å². The summed E-state index contributed by atoms with van der Waals surface area (Å²) in [5.74, 6) is 0.101. The van der Waals surface area contributed by atoms with Crippen molar-refractivity contribution >= 4 is 5.78 Å². The first-order valence-electron chi connectivity index (χ1n) is 6.75. The first-order valence-corrected chi connectivity index (χ1v) is 6.75. The molecule has 0 atom stereocenters. The molecule has 2 aromatic rings. The molecule has 1 aromatic heterocycles. The van der Waals surface area contributed by atoms with E-state index in [4.69, 9.17) is 0 Å². The van der Waals surface area contributed by atoms with Crippen molar-refractivity contribution in [2.75, 3.05) is 0 Å². The van der Waals surface area contributed by atoms with Gasteiger partial charge in [0.2, 0.25) is 0 Å². The van der Waals surface area contributed by atoms with Gasteiger partial charge in [0.25, 0.3) is 0 Å². The summed E-state index contributed by atoms with van der Waals surface area (Å²) < 4.78 is 1.94. The molecule has 100 valence electrons. The van der Waals surface area contributed by atoms with Gasteiger partial charge in [0.05, 0.1) is 5.69 Å². The van der Waals surface area contributed by atoms with Gasteiger partial charge in [0.1, 0.15) is 0 Å². The predicted octanol–water partition coefficient (Wildman–Crippen LogP) is 3.41. The van der Waals surface area contributed by atoms with Gasteiger partial charge in [-0.25, -0.2) is 0 Å². The molecule has 3 heteroatoms. The Labute approximate surface area is 114 Å². The van der Waals surface area contributed by atoms with Gasteiger partial charge in [-0.3, -0.25) is 9.48 Å². The molecule has 0 N–H and O–H groups in total. The van der Waals surface area contributed by atoms with E-state index >= 15 is 0 Å². The van der Waals surface area contributed by atoms with E-state index < -0.39 is 0 Å². The molecule has 0 saturated heterocycles. The Morgan fingerprint density at radius 1 is 1.21 bits per heavy atom. The molecule has 3 nitrogen and oxygen atoms in total. The van der Waals surface area contributed by atoms with Gasteiger partial charge in [-0.1, -0.05) is 38.1 Å². The molecule has 1 aromatic carbocycles. The van der Waals surface area contributed by atoms with Crippen LogP contribution < -0.4 is 0 Å². The highest BCUT2D eigenvalue weighted by Crippen LogP contribution is 2.31. The van der Waals surface area contributed by atoms with Gasteiger partial charge in [-0.05, 0) is 25.3 Å². The molecule has 0 aliphatic heterocycles. The zero-order chi connectivity index (χ0) is 14.0. The number of aromatic nitrogens is 2. The second kappa shape index (κ2) is 5.39. The lowest BCUT2D eigenvalue weighted by atomic mass is 9.94. The van der Waals surface area contributed by atoms with E-state index in [1.807, 2.05) is 36.0 Å². The largest absolute Gasteiger partial charge is 0.294 e. The van der Waals surface area contributed by atoms with Crippen LogP contribution in [0.3, 0.4) is 0 Å². The predicted molar refractivity (Wildman–Crippen MR) is 77.4 cm³/mol. The van der Waals surface area contributed by atoms with Gasteiger partial charge in [-0.15, -0.1) is 0 Å². The number of hydrogen-bond acceptors (Lipinski definition) is 2. The molecule has 0 aliphatic rings. The van der Waals surface area contributed by atoms with Crippen LogP contribution in [0.5, 0.6) is 0 Å². The third-order valence-electron chi connectivity index (χ3n) is 3.48. The maximum absolute atomic E-state index is 11.8. The van der Waals surface area contributed by atoms with Crippen molar-refractivity contribution in [3.63, 3.8) is 0 Å².